The maximum atomic E-state index is 13.0. The van der Waals surface area contributed by atoms with Crippen molar-refractivity contribution in [1.82, 2.24) is 14.5 Å². The summed E-state index contributed by atoms with van der Waals surface area (Å²) in [6, 6.07) is 12.9. The Hall–Kier alpha value is -2.43. The van der Waals surface area contributed by atoms with Crippen LogP contribution < -0.4 is 5.32 Å². The molecule has 0 unspecified atom stereocenters. The van der Waals surface area contributed by atoms with Gasteiger partial charge in [-0.15, -0.1) is 0 Å². The molecule has 0 saturated carbocycles. The first-order valence-corrected chi connectivity index (χ1v) is 7.08. The number of nitrogens with zero attached hydrogens (tertiary/aromatic N) is 3. The van der Waals surface area contributed by atoms with Crippen LogP contribution in [-0.2, 0) is 13.0 Å². The van der Waals surface area contributed by atoms with Crippen LogP contribution in [0.3, 0.4) is 0 Å². The van der Waals surface area contributed by atoms with E-state index in [2.05, 4.69) is 32.8 Å². The molecule has 0 bridgehead atoms. The van der Waals surface area contributed by atoms with Gasteiger partial charge in [0.25, 0.3) is 0 Å². The molecule has 5 heteroatoms. The second kappa shape index (κ2) is 5.91. The molecule has 0 aliphatic carbocycles. The molecule has 0 saturated heterocycles. The molecule has 3 aromatic rings. The number of benzene rings is 1. The van der Waals surface area contributed by atoms with E-state index in [0.29, 0.717) is 12.4 Å². The van der Waals surface area contributed by atoms with Gasteiger partial charge in [-0.2, -0.15) is 4.39 Å². The maximum Gasteiger partial charge on any atom is 0.214 e. The van der Waals surface area contributed by atoms with E-state index in [1.807, 2.05) is 18.2 Å². The topological polar surface area (TPSA) is 42.7 Å². The Bertz CT molecular complexity index is 751. The smallest absolute Gasteiger partial charge is 0.214 e. The van der Waals surface area contributed by atoms with Crippen LogP contribution in [0.2, 0.25) is 0 Å². The van der Waals surface area contributed by atoms with Crippen molar-refractivity contribution < 1.29 is 4.39 Å². The molecule has 2 heterocycles. The standard InChI is InChI=1S/C16H17FN4/c1-2-21-13-7-4-3-6-12(13)19-16(21)10-11-18-15-9-5-8-14(17)20-15/h3-9H,2,10-11H2,1H3,(H,18,20). The number of aryl methyl sites for hydroxylation is 1. The minimum Gasteiger partial charge on any atom is -0.370 e. The second-order valence-corrected chi connectivity index (χ2v) is 4.78. The van der Waals surface area contributed by atoms with Gasteiger partial charge in [0.15, 0.2) is 0 Å². The SMILES string of the molecule is CCn1c(CCNc2cccc(F)n2)nc2ccccc21. The predicted octanol–water partition coefficient (Wildman–Crippen LogP) is 3.24. The summed E-state index contributed by atoms with van der Waals surface area (Å²) >= 11 is 0. The molecule has 0 radical (unpaired) electrons. The van der Waals surface area contributed by atoms with Gasteiger partial charge in [0.1, 0.15) is 11.6 Å². The van der Waals surface area contributed by atoms with Gasteiger partial charge in [-0.3, -0.25) is 0 Å². The Kier molecular flexibility index (Phi) is 3.81. The van der Waals surface area contributed by atoms with Gasteiger partial charge in [0, 0.05) is 19.5 Å². The number of para-hydroxylation sites is 2. The van der Waals surface area contributed by atoms with Crippen molar-refractivity contribution in [3.63, 3.8) is 0 Å². The van der Waals surface area contributed by atoms with E-state index in [4.69, 9.17) is 0 Å². The number of hydrogen-bond donors (Lipinski definition) is 1. The average molecular weight is 284 g/mol. The highest BCUT2D eigenvalue weighted by Crippen LogP contribution is 2.16. The summed E-state index contributed by atoms with van der Waals surface area (Å²) in [5.74, 6) is 1.11. The van der Waals surface area contributed by atoms with E-state index in [9.17, 15) is 4.39 Å². The zero-order chi connectivity index (χ0) is 14.7. The largest absolute Gasteiger partial charge is 0.370 e. The monoisotopic (exact) mass is 284 g/mol. The van der Waals surface area contributed by atoms with Crippen LogP contribution >= 0.6 is 0 Å². The number of fused-ring (bicyclic) bond motifs is 1. The van der Waals surface area contributed by atoms with Crippen molar-refractivity contribution >= 4 is 16.9 Å². The van der Waals surface area contributed by atoms with Gasteiger partial charge in [-0.25, -0.2) is 9.97 Å². The van der Waals surface area contributed by atoms with E-state index in [0.717, 1.165) is 29.8 Å². The Balaban J connectivity index is 1.73. The number of hydrogen-bond acceptors (Lipinski definition) is 3. The molecule has 108 valence electrons. The molecule has 1 aromatic carbocycles. The van der Waals surface area contributed by atoms with Crippen molar-refractivity contribution in [3.8, 4) is 0 Å². The van der Waals surface area contributed by atoms with Crippen molar-refractivity contribution in [1.29, 1.82) is 0 Å². The first-order chi connectivity index (χ1) is 10.3. The Morgan fingerprint density at radius 2 is 1.95 bits per heavy atom. The number of rotatable bonds is 5. The summed E-state index contributed by atoms with van der Waals surface area (Å²) in [6.45, 7) is 3.66. The average Bonchev–Trinajstić information content (AvgIpc) is 2.84. The molecule has 0 aliphatic heterocycles. The molecule has 0 amide bonds. The number of pyridine rings is 1. The van der Waals surface area contributed by atoms with Gasteiger partial charge >= 0.3 is 0 Å². The summed E-state index contributed by atoms with van der Waals surface area (Å²) in [6.07, 6.45) is 0.765. The lowest BCUT2D eigenvalue weighted by Gasteiger charge is -2.07. The normalized spacial score (nSPS) is 11.0. The van der Waals surface area contributed by atoms with E-state index in [1.165, 1.54) is 6.07 Å². The third-order valence-corrected chi connectivity index (χ3v) is 3.42. The molecule has 2 aromatic heterocycles. The molecule has 0 aliphatic rings. The minimum absolute atomic E-state index is 0.471. The van der Waals surface area contributed by atoms with Crippen LogP contribution in [0, 0.1) is 5.95 Å². The van der Waals surface area contributed by atoms with Gasteiger partial charge in [0.05, 0.1) is 11.0 Å². The van der Waals surface area contributed by atoms with Crippen LogP contribution in [0.4, 0.5) is 10.2 Å². The summed E-state index contributed by atoms with van der Waals surface area (Å²) in [5.41, 5.74) is 2.16. The fraction of sp³-hybridized carbons (Fsp3) is 0.250. The zero-order valence-corrected chi connectivity index (χ0v) is 11.9. The Morgan fingerprint density at radius 3 is 2.76 bits per heavy atom. The minimum atomic E-state index is -0.471. The van der Waals surface area contributed by atoms with Crippen LogP contribution in [0.25, 0.3) is 11.0 Å². The van der Waals surface area contributed by atoms with E-state index in [-0.39, 0.29) is 0 Å². The fourth-order valence-electron chi connectivity index (χ4n) is 2.48. The fourth-order valence-corrected chi connectivity index (χ4v) is 2.48. The third kappa shape index (κ3) is 2.86. The summed E-state index contributed by atoms with van der Waals surface area (Å²) in [7, 11) is 0. The highest BCUT2D eigenvalue weighted by atomic mass is 19.1. The lowest BCUT2D eigenvalue weighted by Crippen LogP contribution is -2.11. The molecule has 4 nitrogen and oxygen atoms in total. The number of halogens is 1. The van der Waals surface area contributed by atoms with Gasteiger partial charge < -0.3 is 9.88 Å². The van der Waals surface area contributed by atoms with Gasteiger partial charge in [0.2, 0.25) is 5.95 Å². The van der Waals surface area contributed by atoms with Crippen molar-refractivity contribution in [3.05, 3.63) is 54.2 Å². The lowest BCUT2D eigenvalue weighted by atomic mass is 10.3. The van der Waals surface area contributed by atoms with Crippen LogP contribution in [0.5, 0.6) is 0 Å². The summed E-state index contributed by atoms with van der Waals surface area (Å²) < 4.78 is 15.2. The second-order valence-electron chi connectivity index (χ2n) is 4.78. The molecule has 3 rings (SSSR count). The molecular weight excluding hydrogens is 267 g/mol. The number of imidazole rings is 1. The lowest BCUT2D eigenvalue weighted by molar-refractivity contribution is 0.585. The van der Waals surface area contributed by atoms with E-state index in [1.54, 1.807) is 12.1 Å². The van der Waals surface area contributed by atoms with Crippen molar-refractivity contribution in [2.75, 3.05) is 11.9 Å². The van der Waals surface area contributed by atoms with Gasteiger partial charge in [-0.1, -0.05) is 18.2 Å². The number of nitrogens with one attached hydrogen (secondary N) is 1. The maximum absolute atomic E-state index is 13.0. The quantitative estimate of drug-likeness (QED) is 0.731. The summed E-state index contributed by atoms with van der Waals surface area (Å²) in [4.78, 5) is 8.45. The number of anilines is 1. The van der Waals surface area contributed by atoms with Crippen molar-refractivity contribution in [2.24, 2.45) is 0 Å². The van der Waals surface area contributed by atoms with Crippen LogP contribution in [0.15, 0.2) is 42.5 Å². The van der Waals surface area contributed by atoms with E-state index < -0.39 is 5.95 Å². The first-order valence-electron chi connectivity index (χ1n) is 7.08. The highest BCUT2D eigenvalue weighted by molar-refractivity contribution is 5.75. The summed E-state index contributed by atoms with van der Waals surface area (Å²) in [5, 5.41) is 3.13. The molecule has 21 heavy (non-hydrogen) atoms. The Morgan fingerprint density at radius 1 is 1.10 bits per heavy atom. The molecular formula is C16H17FN4. The van der Waals surface area contributed by atoms with E-state index >= 15 is 0 Å². The predicted molar refractivity (Wildman–Crippen MR) is 81.8 cm³/mol. The third-order valence-electron chi connectivity index (χ3n) is 3.42. The molecule has 1 N–H and O–H groups in total. The molecule has 0 atom stereocenters. The van der Waals surface area contributed by atoms with Crippen LogP contribution in [-0.4, -0.2) is 21.1 Å². The van der Waals surface area contributed by atoms with Gasteiger partial charge in [-0.05, 0) is 31.2 Å². The molecule has 0 spiro atoms. The number of aromatic nitrogens is 3. The Labute approximate surface area is 122 Å². The van der Waals surface area contributed by atoms with Crippen molar-refractivity contribution in [2.45, 2.75) is 19.9 Å². The van der Waals surface area contributed by atoms with Crippen LogP contribution in [0.1, 0.15) is 12.7 Å². The molecule has 0 fully saturated rings. The zero-order valence-electron chi connectivity index (χ0n) is 11.9. The first kappa shape index (κ1) is 13.5. The highest BCUT2D eigenvalue weighted by Gasteiger charge is 2.08.